The van der Waals surface area contributed by atoms with Crippen LogP contribution in [0.1, 0.15) is 114 Å². The number of ether oxygens (including phenoxy) is 1. The van der Waals surface area contributed by atoms with Crippen LogP contribution in [0.15, 0.2) is 37.9 Å². The fourth-order valence-corrected chi connectivity index (χ4v) is 6.82. The predicted molar refractivity (Wildman–Crippen MR) is 217 cm³/mol. The van der Waals surface area contributed by atoms with E-state index in [-0.39, 0.29) is 55.6 Å². The van der Waals surface area contributed by atoms with Crippen molar-refractivity contribution in [2.24, 2.45) is 10.8 Å². The number of aromatic nitrogens is 2. The second-order valence-corrected chi connectivity index (χ2v) is 20.8. The van der Waals surface area contributed by atoms with Crippen LogP contribution in [0.25, 0.3) is 0 Å². The van der Waals surface area contributed by atoms with Gasteiger partial charge in [-0.15, -0.1) is 0 Å². The maximum absolute atomic E-state index is 10.9. The molecule has 3 atom stereocenters. The third-order valence-electron chi connectivity index (χ3n) is 7.12. The Morgan fingerprint density at radius 1 is 0.768 bits per heavy atom. The number of hydrogen-bond donors (Lipinski definition) is 9. The molecule has 2 aromatic rings. The van der Waals surface area contributed by atoms with Gasteiger partial charge in [-0.05, 0) is 26.2 Å². The van der Waals surface area contributed by atoms with Crippen molar-refractivity contribution in [2.75, 3.05) is 0 Å². The summed E-state index contributed by atoms with van der Waals surface area (Å²) >= 11 is 2.22. The Labute approximate surface area is 337 Å². The third kappa shape index (κ3) is 14.7. The molecule has 2 fully saturated rings. The molecule has 0 aliphatic carbocycles. The van der Waals surface area contributed by atoms with Gasteiger partial charge in [-0.25, -0.2) is 18.5 Å². The van der Waals surface area contributed by atoms with Crippen molar-refractivity contribution in [3.05, 3.63) is 54.8 Å². The zero-order chi connectivity index (χ0) is 44.1. The van der Waals surface area contributed by atoms with Crippen molar-refractivity contribution in [2.45, 2.75) is 132 Å². The topological polar surface area (TPSA) is 277 Å². The van der Waals surface area contributed by atoms with Gasteiger partial charge in [0.05, 0.1) is 23.0 Å². The largest absolute Gasteiger partial charge is 0.505 e. The number of rotatable bonds is 0. The number of aromatic hydroxyl groups is 2. The van der Waals surface area contributed by atoms with Gasteiger partial charge < -0.3 is 40.2 Å². The van der Waals surface area contributed by atoms with Crippen LogP contribution >= 0.6 is 23.3 Å². The second-order valence-electron chi connectivity index (χ2n) is 17.8. The fraction of sp³-hybridized carbons (Fsp3) is 0.629. The zero-order valence-electron chi connectivity index (χ0n) is 34.6. The normalized spacial score (nSPS) is 20.0. The lowest BCUT2D eigenvalue weighted by Crippen LogP contribution is -2.43. The predicted octanol–water partition coefficient (Wildman–Crippen LogP) is 5.96. The molecule has 0 spiro atoms. The van der Waals surface area contributed by atoms with Gasteiger partial charge in [0.25, 0.3) is 0 Å². The van der Waals surface area contributed by atoms with Gasteiger partial charge in [0, 0.05) is 21.8 Å². The Hall–Kier alpha value is -4.21. The molecule has 2 amide bonds. The fourth-order valence-electron chi connectivity index (χ4n) is 4.32. The molecule has 2 saturated heterocycles. The standard InChI is InChI=1S/C8H12O4.C7H12N2OS.C7H11NO3.C7H11NO2S.C6H12N2O2S/c1-8(2,3)6-4(9)5(10)7(11)12-6;1-5-8-6(10)11-9(5)7(2,3)4;2*1-7(2,3)4-5(9)8-6(10)11-4;1-6(2,3)4-7-5(9)11(10)8-4/h6,9-10H,1-3H3;1H2,2-4H3,(H,8,10);2*9H,1-3H3,(H,8,10);4,8H,1-3H3,(H,7,9). The van der Waals surface area contributed by atoms with E-state index in [0.29, 0.717) is 16.5 Å². The zero-order valence-corrected chi connectivity index (χ0v) is 37.0. The molecular formula is C35H58N6O12S3. The van der Waals surface area contributed by atoms with E-state index in [1.165, 1.54) is 0 Å². The van der Waals surface area contributed by atoms with E-state index >= 15 is 0 Å². The summed E-state index contributed by atoms with van der Waals surface area (Å²) in [6.45, 7) is 32.5. The van der Waals surface area contributed by atoms with E-state index < -0.39 is 45.2 Å². The average Bonchev–Trinajstić information content (AvgIpc) is 3.79. The number of esters is 1. The summed E-state index contributed by atoms with van der Waals surface area (Å²) in [5.41, 5.74) is -1.05. The summed E-state index contributed by atoms with van der Waals surface area (Å²) in [6, 6.07) is 0. The SMILES string of the molecule is C=C1NC(=O)SN1C(C)(C)C.CC(C)(C)C1NC(=O)S(=O)N1.CC(C)(C)C1OC(=O)C(O)=C1O.CC(C)(C)c1oc(=O)[nH]c1O.CC(C)(C)c1sc(=O)[nH]c1O. The number of nitrogens with zero attached hydrogens (tertiary/aromatic N) is 1. The first-order chi connectivity index (χ1) is 25.0. The first-order valence-electron chi connectivity index (χ1n) is 17.1. The van der Waals surface area contributed by atoms with Crippen LogP contribution in [0.3, 0.4) is 0 Å². The minimum Gasteiger partial charge on any atom is -0.505 e. The number of carbonyl (C=O) groups excluding carboxylic acids is 3. The molecule has 21 heteroatoms. The van der Waals surface area contributed by atoms with E-state index in [4.69, 9.17) is 19.4 Å². The van der Waals surface area contributed by atoms with Crippen molar-refractivity contribution in [3.63, 3.8) is 0 Å². The number of H-pyrrole nitrogens is 2. The van der Waals surface area contributed by atoms with Gasteiger partial charge in [-0.2, -0.15) is 0 Å². The molecular weight excluding hydrogens is 793 g/mol. The lowest BCUT2D eigenvalue weighted by Gasteiger charge is -2.30. The number of carbonyl (C=O) groups is 3. The van der Waals surface area contributed by atoms with Gasteiger partial charge in [0.1, 0.15) is 5.82 Å². The Balaban J connectivity index is 0.000000350. The Morgan fingerprint density at radius 3 is 1.48 bits per heavy atom. The van der Waals surface area contributed by atoms with Crippen molar-refractivity contribution in [3.8, 4) is 11.8 Å². The molecule has 318 valence electrons. The summed E-state index contributed by atoms with van der Waals surface area (Å²) in [4.78, 5) is 58.7. The molecule has 3 unspecified atom stereocenters. The molecule has 3 aliphatic heterocycles. The number of nitrogens with one attached hydrogen (secondary N) is 5. The first-order valence-corrected chi connectivity index (χ1v) is 19.9. The number of oxazole rings is 1. The minimum absolute atomic E-state index is 0.00694. The van der Waals surface area contributed by atoms with Gasteiger partial charge in [0.15, 0.2) is 28.6 Å². The molecule has 0 aromatic carbocycles. The van der Waals surface area contributed by atoms with Crippen LogP contribution in [0, 0.1) is 10.8 Å². The summed E-state index contributed by atoms with van der Waals surface area (Å²) in [6.07, 6.45) is -0.916. The summed E-state index contributed by atoms with van der Waals surface area (Å²) < 4.78 is 24.8. The number of hydrogen-bond acceptors (Lipinski definition) is 15. The quantitative estimate of drug-likeness (QED) is 0.109. The highest BCUT2D eigenvalue weighted by Gasteiger charge is 2.42. The van der Waals surface area contributed by atoms with E-state index in [1.807, 2.05) is 87.4 Å². The van der Waals surface area contributed by atoms with E-state index in [9.17, 15) is 38.4 Å². The van der Waals surface area contributed by atoms with E-state index in [0.717, 1.165) is 23.3 Å². The molecule has 0 bridgehead atoms. The highest BCUT2D eigenvalue weighted by molar-refractivity contribution is 8.12. The number of amides is 2. The van der Waals surface area contributed by atoms with Gasteiger partial charge in [-0.3, -0.25) is 28.7 Å². The average molecular weight is 851 g/mol. The Kier molecular flexibility index (Phi) is 16.3. The second kappa shape index (κ2) is 18.4. The molecule has 0 saturated carbocycles. The summed E-state index contributed by atoms with van der Waals surface area (Å²) in [7, 11) is -1.54. The lowest BCUT2D eigenvalue weighted by atomic mass is 9.88. The van der Waals surface area contributed by atoms with Crippen LogP contribution in [0.5, 0.6) is 11.8 Å². The number of cyclic esters (lactones) is 1. The van der Waals surface area contributed by atoms with Crippen molar-refractivity contribution in [1.82, 2.24) is 29.6 Å². The van der Waals surface area contributed by atoms with Gasteiger partial charge >= 0.3 is 27.1 Å². The van der Waals surface area contributed by atoms with Gasteiger partial charge in [0.2, 0.25) is 17.5 Å². The van der Waals surface area contributed by atoms with Gasteiger partial charge in [-0.1, -0.05) is 101 Å². The van der Waals surface area contributed by atoms with Crippen molar-refractivity contribution in [1.29, 1.82) is 0 Å². The van der Waals surface area contributed by atoms with Crippen LogP contribution in [0.4, 0.5) is 9.59 Å². The van der Waals surface area contributed by atoms with Crippen LogP contribution in [-0.4, -0.2) is 73.2 Å². The number of aliphatic hydroxyl groups is 2. The first kappa shape index (κ1) is 49.8. The maximum atomic E-state index is 10.9. The van der Waals surface area contributed by atoms with Crippen LogP contribution in [-0.2, 0) is 31.3 Å². The molecule has 18 nitrogen and oxygen atoms in total. The lowest BCUT2D eigenvalue weighted by molar-refractivity contribution is -0.146. The number of thiazole rings is 1. The highest BCUT2D eigenvalue weighted by Crippen LogP contribution is 2.34. The Bertz CT molecular complexity index is 1830. The smallest absolute Gasteiger partial charge is 0.419 e. The van der Waals surface area contributed by atoms with Crippen LogP contribution in [0.2, 0.25) is 0 Å². The van der Waals surface area contributed by atoms with Crippen molar-refractivity contribution < 1.29 is 48.2 Å². The summed E-state index contributed by atoms with van der Waals surface area (Å²) in [5.74, 6) is -1.72. The molecule has 5 heterocycles. The molecule has 2 aromatic heterocycles. The molecule has 5 rings (SSSR count). The maximum Gasteiger partial charge on any atom is 0.419 e. The third-order valence-corrected chi connectivity index (χ3v) is 10.5. The van der Waals surface area contributed by atoms with E-state index in [2.05, 4.69) is 31.9 Å². The molecule has 0 radical (unpaired) electrons. The Morgan fingerprint density at radius 2 is 1.30 bits per heavy atom. The van der Waals surface area contributed by atoms with Crippen molar-refractivity contribution >= 4 is 50.7 Å². The molecule has 9 N–H and O–H groups in total. The van der Waals surface area contributed by atoms with Crippen LogP contribution < -0.4 is 26.0 Å². The van der Waals surface area contributed by atoms with E-state index in [1.54, 1.807) is 20.8 Å². The summed E-state index contributed by atoms with van der Waals surface area (Å²) in [5, 5.41) is 41.3. The molecule has 56 heavy (non-hydrogen) atoms. The monoisotopic (exact) mass is 850 g/mol. The number of aromatic amines is 2. The molecule has 3 aliphatic rings. The number of aliphatic hydroxyl groups excluding tert-OH is 2. The minimum atomic E-state index is -1.54. The highest BCUT2D eigenvalue weighted by atomic mass is 32.2.